The zero-order valence-corrected chi connectivity index (χ0v) is 10.7. The van der Waals surface area contributed by atoms with Crippen LogP contribution in [0.25, 0.3) is 0 Å². The molecule has 0 aliphatic carbocycles. The van der Waals surface area contributed by atoms with E-state index < -0.39 is 16.6 Å². The van der Waals surface area contributed by atoms with E-state index in [1.165, 1.54) is 31.6 Å². The van der Waals surface area contributed by atoms with Crippen LogP contribution >= 0.6 is 0 Å². The molecule has 0 aliphatic rings. The number of carbonyl (C=O) groups is 1. The molecule has 9 heteroatoms. The lowest BCUT2D eigenvalue weighted by molar-refractivity contribution is -0.385. The number of aromatic nitrogens is 2. The van der Waals surface area contributed by atoms with Crippen LogP contribution in [0.5, 0.6) is 17.4 Å². The molecule has 9 nitrogen and oxygen atoms in total. The molecule has 2 rings (SSSR count). The number of ether oxygens (including phenoxy) is 2. The maximum Gasteiger partial charge on any atom is 0.360 e. The molecule has 1 heterocycles. The molecule has 0 aliphatic heterocycles. The third kappa shape index (κ3) is 3.03. The molecule has 0 saturated carbocycles. The first kappa shape index (κ1) is 14.2. The lowest BCUT2D eigenvalue weighted by Gasteiger charge is -2.07. The number of rotatable bonds is 5. The van der Waals surface area contributed by atoms with E-state index in [4.69, 9.17) is 14.6 Å². The fraction of sp³-hybridized carbons (Fsp3) is 0.0833. The summed E-state index contributed by atoms with van der Waals surface area (Å²) in [5.74, 6) is -1.47. The van der Waals surface area contributed by atoms with Crippen molar-refractivity contribution >= 4 is 11.7 Å². The van der Waals surface area contributed by atoms with Gasteiger partial charge in [-0.3, -0.25) is 10.1 Å². The molecule has 0 amide bonds. The number of hydrogen-bond acceptors (Lipinski definition) is 7. The molecule has 1 N–H and O–H groups in total. The van der Waals surface area contributed by atoms with Crippen LogP contribution in [0.4, 0.5) is 5.69 Å². The summed E-state index contributed by atoms with van der Waals surface area (Å²) < 4.78 is 10.1. The summed E-state index contributed by atoms with van der Waals surface area (Å²) in [5, 5.41) is 19.9. The summed E-state index contributed by atoms with van der Waals surface area (Å²) in [6, 6.07) is 3.84. The van der Waals surface area contributed by atoms with Crippen LogP contribution in [-0.4, -0.2) is 33.1 Å². The molecular formula is C12H9N3O6. The van der Waals surface area contributed by atoms with Crippen molar-refractivity contribution in [1.29, 1.82) is 0 Å². The number of nitrogens with zero attached hydrogens (tertiary/aromatic N) is 3. The summed E-state index contributed by atoms with van der Waals surface area (Å²) >= 11 is 0. The average Bonchev–Trinajstić information content (AvgIpc) is 2.47. The van der Waals surface area contributed by atoms with Gasteiger partial charge in [0, 0.05) is 12.4 Å². The standard InChI is InChI=1S/C12H9N3O6/c1-20-9-3-2-7(6-8(9)15(18)19)21-11-10(12(16)17)13-4-5-14-11/h2-6H,1H3,(H,16,17). The Morgan fingerprint density at radius 1 is 1.33 bits per heavy atom. The number of nitro benzene ring substituents is 1. The van der Waals surface area contributed by atoms with Gasteiger partial charge in [0.2, 0.25) is 5.69 Å². The van der Waals surface area contributed by atoms with Gasteiger partial charge in [-0.2, -0.15) is 0 Å². The van der Waals surface area contributed by atoms with Gasteiger partial charge in [0.25, 0.3) is 5.88 Å². The Balaban J connectivity index is 2.39. The number of carboxylic acids is 1. The molecule has 0 radical (unpaired) electrons. The molecule has 0 unspecified atom stereocenters. The molecule has 0 atom stereocenters. The molecule has 0 fully saturated rings. The predicted molar refractivity (Wildman–Crippen MR) is 68.7 cm³/mol. The molecule has 1 aromatic carbocycles. The van der Waals surface area contributed by atoms with Crippen LogP contribution in [0.15, 0.2) is 30.6 Å². The molecule has 0 spiro atoms. The second kappa shape index (κ2) is 5.82. The topological polar surface area (TPSA) is 125 Å². The second-order valence-electron chi connectivity index (χ2n) is 3.71. The lowest BCUT2D eigenvalue weighted by Crippen LogP contribution is -2.04. The van der Waals surface area contributed by atoms with Gasteiger partial charge in [0.15, 0.2) is 5.75 Å². The molecule has 0 saturated heterocycles. The average molecular weight is 291 g/mol. The lowest BCUT2D eigenvalue weighted by atomic mass is 10.3. The van der Waals surface area contributed by atoms with E-state index in [1.54, 1.807) is 0 Å². The van der Waals surface area contributed by atoms with E-state index in [-0.39, 0.29) is 23.1 Å². The normalized spacial score (nSPS) is 9.95. The minimum atomic E-state index is -1.32. The zero-order chi connectivity index (χ0) is 15.4. The van der Waals surface area contributed by atoms with Crippen molar-refractivity contribution in [3.05, 3.63) is 46.4 Å². The number of benzene rings is 1. The fourth-order valence-corrected chi connectivity index (χ4v) is 1.53. The predicted octanol–water partition coefficient (Wildman–Crippen LogP) is 1.88. The fourth-order valence-electron chi connectivity index (χ4n) is 1.53. The second-order valence-corrected chi connectivity index (χ2v) is 3.71. The minimum Gasteiger partial charge on any atom is -0.490 e. The van der Waals surface area contributed by atoms with Crippen LogP contribution in [-0.2, 0) is 0 Å². The van der Waals surface area contributed by atoms with Gasteiger partial charge >= 0.3 is 11.7 Å². The van der Waals surface area contributed by atoms with Gasteiger partial charge in [-0.05, 0) is 12.1 Å². The van der Waals surface area contributed by atoms with Crippen LogP contribution in [0, 0.1) is 10.1 Å². The van der Waals surface area contributed by atoms with Crippen LogP contribution < -0.4 is 9.47 Å². The van der Waals surface area contributed by atoms with E-state index >= 15 is 0 Å². The van der Waals surface area contributed by atoms with Crippen molar-refractivity contribution in [3.63, 3.8) is 0 Å². The highest BCUT2D eigenvalue weighted by molar-refractivity contribution is 5.87. The first-order valence-electron chi connectivity index (χ1n) is 5.57. The van der Waals surface area contributed by atoms with E-state index in [0.29, 0.717) is 0 Å². The number of methoxy groups -OCH3 is 1. The molecule has 21 heavy (non-hydrogen) atoms. The van der Waals surface area contributed by atoms with E-state index in [1.807, 2.05) is 0 Å². The third-order valence-corrected chi connectivity index (χ3v) is 2.43. The number of aromatic carboxylic acids is 1. The van der Waals surface area contributed by atoms with Gasteiger partial charge in [-0.15, -0.1) is 0 Å². The van der Waals surface area contributed by atoms with Crippen molar-refractivity contribution < 1.29 is 24.3 Å². The first-order valence-corrected chi connectivity index (χ1v) is 5.57. The van der Waals surface area contributed by atoms with Crippen molar-refractivity contribution in [1.82, 2.24) is 9.97 Å². The number of hydrogen-bond donors (Lipinski definition) is 1. The highest BCUT2D eigenvalue weighted by atomic mass is 16.6. The molecule has 2 aromatic rings. The van der Waals surface area contributed by atoms with Crippen molar-refractivity contribution in [2.24, 2.45) is 0 Å². The molecule has 108 valence electrons. The van der Waals surface area contributed by atoms with Gasteiger partial charge in [0.1, 0.15) is 5.75 Å². The smallest absolute Gasteiger partial charge is 0.360 e. The first-order chi connectivity index (χ1) is 10.0. The Labute approximate surface area is 117 Å². The molecule has 1 aromatic heterocycles. The van der Waals surface area contributed by atoms with Crippen molar-refractivity contribution in [2.45, 2.75) is 0 Å². The summed E-state index contributed by atoms with van der Waals surface area (Å²) in [5.41, 5.74) is -0.702. The number of carboxylic acid groups (broad SMARTS) is 1. The Morgan fingerprint density at radius 3 is 2.67 bits per heavy atom. The largest absolute Gasteiger partial charge is 0.490 e. The highest BCUT2D eigenvalue weighted by Crippen LogP contribution is 2.32. The van der Waals surface area contributed by atoms with Gasteiger partial charge in [0.05, 0.1) is 18.1 Å². The maximum atomic E-state index is 11.0. The summed E-state index contributed by atoms with van der Waals surface area (Å²) in [6.45, 7) is 0. The third-order valence-electron chi connectivity index (χ3n) is 2.43. The zero-order valence-electron chi connectivity index (χ0n) is 10.7. The number of nitro groups is 1. The Kier molecular flexibility index (Phi) is 3.93. The van der Waals surface area contributed by atoms with E-state index in [9.17, 15) is 14.9 Å². The summed E-state index contributed by atoms with van der Waals surface area (Å²) in [6.07, 6.45) is 2.45. The Hall–Kier alpha value is -3.23. The van der Waals surface area contributed by atoms with Crippen LogP contribution in [0.3, 0.4) is 0 Å². The van der Waals surface area contributed by atoms with E-state index in [2.05, 4.69) is 9.97 Å². The van der Waals surface area contributed by atoms with Crippen molar-refractivity contribution in [2.75, 3.05) is 7.11 Å². The quantitative estimate of drug-likeness (QED) is 0.653. The van der Waals surface area contributed by atoms with Gasteiger partial charge in [-0.1, -0.05) is 0 Å². The highest BCUT2D eigenvalue weighted by Gasteiger charge is 2.19. The molecule has 0 bridgehead atoms. The Bertz CT molecular complexity index is 703. The summed E-state index contributed by atoms with van der Waals surface area (Å²) in [7, 11) is 1.30. The maximum absolute atomic E-state index is 11.0. The van der Waals surface area contributed by atoms with Gasteiger partial charge in [-0.25, -0.2) is 14.8 Å². The Morgan fingerprint density at radius 2 is 2.05 bits per heavy atom. The minimum absolute atomic E-state index is 0.0468. The van der Waals surface area contributed by atoms with E-state index in [0.717, 1.165) is 6.07 Å². The molecular weight excluding hydrogens is 282 g/mol. The monoisotopic (exact) mass is 291 g/mol. The van der Waals surface area contributed by atoms with Crippen molar-refractivity contribution in [3.8, 4) is 17.4 Å². The van der Waals surface area contributed by atoms with Gasteiger partial charge < -0.3 is 14.6 Å². The van der Waals surface area contributed by atoms with Crippen LogP contribution in [0.2, 0.25) is 0 Å². The summed E-state index contributed by atoms with van der Waals surface area (Å²) in [4.78, 5) is 28.6. The van der Waals surface area contributed by atoms with Crippen LogP contribution in [0.1, 0.15) is 10.5 Å². The SMILES string of the molecule is COc1ccc(Oc2nccnc2C(=O)O)cc1[N+](=O)[O-].